The molecule has 6 nitrogen and oxygen atoms in total. The summed E-state index contributed by atoms with van der Waals surface area (Å²) in [4.78, 5) is 22.8. The first kappa shape index (κ1) is 23.4. The lowest BCUT2D eigenvalue weighted by Crippen LogP contribution is -2.23. The smallest absolute Gasteiger partial charge is 0.332 e. The predicted molar refractivity (Wildman–Crippen MR) is 102 cm³/mol. The minimum absolute atomic E-state index is 0.0161. The zero-order valence-electron chi connectivity index (χ0n) is 16.5. The van der Waals surface area contributed by atoms with E-state index in [1.807, 2.05) is 12.2 Å². The van der Waals surface area contributed by atoms with Gasteiger partial charge in [0.2, 0.25) is 0 Å². The topological polar surface area (TPSA) is 104 Å². The van der Waals surface area contributed by atoms with Crippen molar-refractivity contribution in [2.24, 2.45) is 11.8 Å². The highest BCUT2D eigenvalue weighted by molar-refractivity contribution is 5.85. The monoisotopic (exact) mass is 380 g/mol. The van der Waals surface area contributed by atoms with E-state index in [1.54, 1.807) is 6.92 Å². The van der Waals surface area contributed by atoms with E-state index in [1.165, 1.54) is 6.92 Å². The van der Waals surface area contributed by atoms with Gasteiger partial charge in [-0.05, 0) is 26.7 Å². The van der Waals surface area contributed by atoms with Crippen LogP contribution in [0.1, 0.15) is 59.3 Å². The summed E-state index contributed by atoms with van der Waals surface area (Å²) in [5, 5.41) is 29.2. The van der Waals surface area contributed by atoms with Gasteiger partial charge in [-0.25, -0.2) is 4.79 Å². The molecule has 0 aromatic rings. The van der Waals surface area contributed by atoms with E-state index in [4.69, 9.17) is 9.84 Å². The van der Waals surface area contributed by atoms with Gasteiger partial charge in [-0.3, -0.25) is 4.79 Å². The summed E-state index contributed by atoms with van der Waals surface area (Å²) < 4.78 is 5.03. The van der Waals surface area contributed by atoms with Gasteiger partial charge >= 0.3 is 5.97 Å². The lowest BCUT2D eigenvalue weighted by molar-refractivity contribution is -0.148. The molecule has 1 rings (SSSR count). The third kappa shape index (κ3) is 8.25. The standard InChI is InChI=1S/C21H32O6/c1-4-5-11-21(3,26)12-8-10-17-16(18(22)14-19(17)23)9-6-7-13-27-15(2)20(24)25/h8,10,15-17,19,23,26H,4-5,9,11-14H2,1-3H3,(H,24,25)/b10-8+. The van der Waals surface area contributed by atoms with Crippen LogP contribution in [0.15, 0.2) is 12.2 Å². The second-order valence-corrected chi connectivity index (χ2v) is 7.50. The Kier molecular flexibility index (Phi) is 9.71. The van der Waals surface area contributed by atoms with E-state index >= 15 is 0 Å². The molecule has 1 saturated carbocycles. The normalized spacial score (nSPS) is 25.8. The number of unbranched alkanes of at least 4 members (excludes halogenated alkanes) is 1. The number of carbonyl (C=O) groups is 2. The van der Waals surface area contributed by atoms with E-state index in [9.17, 15) is 19.8 Å². The Bertz CT molecular complexity index is 583. The van der Waals surface area contributed by atoms with Crippen molar-refractivity contribution in [2.75, 3.05) is 6.61 Å². The number of hydrogen-bond donors (Lipinski definition) is 3. The van der Waals surface area contributed by atoms with Crippen LogP contribution in [0.4, 0.5) is 0 Å². The first-order valence-corrected chi connectivity index (χ1v) is 9.58. The van der Waals surface area contributed by atoms with Gasteiger partial charge in [0.25, 0.3) is 0 Å². The highest BCUT2D eigenvalue weighted by atomic mass is 16.5. The molecule has 1 aliphatic carbocycles. The van der Waals surface area contributed by atoms with Crippen molar-refractivity contribution in [1.29, 1.82) is 0 Å². The number of aliphatic hydroxyl groups excluding tert-OH is 1. The molecule has 0 saturated heterocycles. The van der Waals surface area contributed by atoms with Crippen LogP contribution >= 0.6 is 0 Å². The number of aliphatic carboxylic acids is 1. The maximum absolute atomic E-state index is 12.1. The van der Waals surface area contributed by atoms with Gasteiger partial charge < -0.3 is 20.1 Å². The molecule has 0 spiro atoms. The van der Waals surface area contributed by atoms with Gasteiger partial charge in [0, 0.05) is 24.7 Å². The minimum Gasteiger partial charge on any atom is -0.479 e. The second-order valence-electron chi connectivity index (χ2n) is 7.50. The third-order valence-electron chi connectivity index (χ3n) is 4.92. The number of carbonyl (C=O) groups excluding carboxylic acids is 1. The van der Waals surface area contributed by atoms with Gasteiger partial charge in [0.05, 0.1) is 11.7 Å². The minimum atomic E-state index is -1.05. The second kappa shape index (κ2) is 11.2. The molecule has 0 radical (unpaired) electrons. The number of ether oxygens (including phenoxy) is 1. The first-order valence-electron chi connectivity index (χ1n) is 9.58. The Morgan fingerprint density at radius 2 is 2.15 bits per heavy atom. The van der Waals surface area contributed by atoms with E-state index < -0.39 is 23.8 Å². The Morgan fingerprint density at radius 1 is 1.44 bits per heavy atom. The van der Waals surface area contributed by atoms with Gasteiger partial charge in [-0.15, -0.1) is 5.92 Å². The Morgan fingerprint density at radius 3 is 2.78 bits per heavy atom. The number of ketones is 1. The zero-order valence-corrected chi connectivity index (χ0v) is 16.5. The Labute approximate surface area is 161 Å². The molecule has 5 atom stereocenters. The number of carboxylic acid groups (broad SMARTS) is 1. The van der Waals surface area contributed by atoms with Gasteiger partial charge in [0.15, 0.2) is 6.10 Å². The summed E-state index contributed by atoms with van der Waals surface area (Å²) >= 11 is 0. The molecule has 0 aromatic carbocycles. The van der Waals surface area contributed by atoms with Crippen molar-refractivity contribution < 1.29 is 29.6 Å². The lowest BCUT2D eigenvalue weighted by Gasteiger charge is -2.22. The van der Waals surface area contributed by atoms with Crippen molar-refractivity contribution in [1.82, 2.24) is 0 Å². The highest BCUT2D eigenvalue weighted by Gasteiger charge is 2.39. The van der Waals surface area contributed by atoms with E-state index in [0.29, 0.717) is 19.3 Å². The van der Waals surface area contributed by atoms with E-state index in [2.05, 4.69) is 18.8 Å². The number of hydrogen-bond acceptors (Lipinski definition) is 5. The molecule has 0 amide bonds. The summed E-state index contributed by atoms with van der Waals surface area (Å²) in [6.07, 6.45) is 5.58. The van der Waals surface area contributed by atoms with Crippen LogP contribution in [0, 0.1) is 23.7 Å². The molecular weight excluding hydrogens is 348 g/mol. The molecule has 0 aliphatic heterocycles. The molecule has 152 valence electrons. The quantitative estimate of drug-likeness (QED) is 0.397. The number of aliphatic hydroxyl groups is 2. The fraction of sp³-hybridized carbons (Fsp3) is 0.714. The molecule has 6 heteroatoms. The molecule has 0 heterocycles. The molecular formula is C21H32O6. The summed E-state index contributed by atoms with van der Waals surface area (Å²) in [5.41, 5.74) is -0.784. The summed E-state index contributed by atoms with van der Waals surface area (Å²) in [7, 11) is 0. The summed E-state index contributed by atoms with van der Waals surface area (Å²) in [6.45, 7) is 5.28. The Balaban J connectivity index is 2.58. The lowest BCUT2D eigenvalue weighted by atomic mass is 9.89. The van der Waals surface area contributed by atoms with Crippen molar-refractivity contribution in [3.05, 3.63) is 12.2 Å². The molecule has 1 fully saturated rings. The van der Waals surface area contributed by atoms with Crippen LogP contribution in [-0.4, -0.2) is 51.5 Å². The number of carboxylic acids is 1. The van der Waals surface area contributed by atoms with E-state index in [-0.39, 0.29) is 30.6 Å². The predicted octanol–water partition coefficient (Wildman–Crippen LogP) is 2.32. The van der Waals surface area contributed by atoms with Crippen molar-refractivity contribution in [3.8, 4) is 11.8 Å². The average Bonchev–Trinajstić information content (AvgIpc) is 2.86. The average molecular weight is 380 g/mol. The van der Waals surface area contributed by atoms with Gasteiger partial charge in [-0.1, -0.05) is 37.8 Å². The van der Waals surface area contributed by atoms with Crippen LogP contribution in [0.25, 0.3) is 0 Å². The molecule has 27 heavy (non-hydrogen) atoms. The highest BCUT2D eigenvalue weighted by Crippen LogP contribution is 2.33. The molecule has 3 N–H and O–H groups in total. The van der Waals surface area contributed by atoms with Crippen LogP contribution < -0.4 is 0 Å². The van der Waals surface area contributed by atoms with Crippen LogP contribution in [0.2, 0.25) is 0 Å². The van der Waals surface area contributed by atoms with E-state index in [0.717, 1.165) is 12.8 Å². The van der Waals surface area contributed by atoms with Crippen LogP contribution in [-0.2, 0) is 14.3 Å². The summed E-state index contributed by atoms with van der Waals surface area (Å²) in [5.74, 6) is 3.80. The van der Waals surface area contributed by atoms with Crippen molar-refractivity contribution in [3.63, 3.8) is 0 Å². The van der Waals surface area contributed by atoms with Crippen LogP contribution in [0.3, 0.4) is 0 Å². The molecule has 0 bridgehead atoms. The molecule has 5 unspecified atom stereocenters. The van der Waals surface area contributed by atoms with Crippen molar-refractivity contribution in [2.45, 2.75) is 77.1 Å². The Hall–Kier alpha value is -1.68. The maximum Gasteiger partial charge on any atom is 0.332 e. The van der Waals surface area contributed by atoms with Gasteiger partial charge in [0.1, 0.15) is 12.4 Å². The molecule has 1 aliphatic rings. The largest absolute Gasteiger partial charge is 0.479 e. The SMILES string of the molecule is CCCCC(C)(O)C/C=C/C1C(O)CC(=O)C1CC#CCOC(C)C(=O)O. The number of rotatable bonds is 10. The maximum atomic E-state index is 12.1. The zero-order chi connectivity index (χ0) is 20.4. The fourth-order valence-electron chi connectivity index (χ4n) is 3.10. The fourth-order valence-corrected chi connectivity index (χ4v) is 3.10. The molecule has 0 aromatic heterocycles. The third-order valence-corrected chi connectivity index (χ3v) is 4.92. The van der Waals surface area contributed by atoms with Crippen molar-refractivity contribution >= 4 is 11.8 Å². The van der Waals surface area contributed by atoms with Crippen LogP contribution in [0.5, 0.6) is 0 Å². The van der Waals surface area contributed by atoms with Gasteiger partial charge in [-0.2, -0.15) is 0 Å². The first-order chi connectivity index (χ1) is 12.7. The summed E-state index contributed by atoms with van der Waals surface area (Å²) in [6, 6.07) is 0. The number of Topliss-reactive ketones (excluding diaryl/α,β-unsaturated/α-hetero) is 1.